The van der Waals surface area contributed by atoms with Crippen molar-refractivity contribution in [1.82, 2.24) is 0 Å². The highest BCUT2D eigenvalue weighted by molar-refractivity contribution is 7.91. The molecule has 0 radical (unpaired) electrons. The van der Waals surface area contributed by atoms with Gasteiger partial charge in [-0.25, -0.2) is 12.8 Å². The highest BCUT2D eigenvalue weighted by Crippen LogP contribution is 2.32. The van der Waals surface area contributed by atoms with Gasteiger partial charge in [-0.1, -0.05) is 17.2 Å². The Kier molecular flexibility index (Phi) is 4.42. The Labute approximate surface area is 138 Å². The highest BCUT2D eigenvalue weighted by Gasteiger charge is 2.24. The topological polar surface area (TPSA) is 92.1 Å². The van der Waals surface area contributed by atoms with E-state index in [9.17, 15) is 12.8 Å². The van der Waals surface area contributed by atoms with Crippen LogP contribution in [0.1, 0.15) is 12.0 Å². The van der Waals surface area contributed by atoms with Gasteiger partial charge in [-0.05, 0) is 54.3 Å². The summed E-state index contributed by atoms with van der Waals surface area (Å²) in [5.74, 6) is -0.156. The van der Waals surface area contributed by atoms with Crippen molar-refractivity contribution in [2.75, 3.05) is 6.54 Å². The summed E-state index contributed by atoms with van der Waals surface area (Å²) >= 11 is 0. The minimum Gasteiger partial charge on any atom is -0.490 e. The summed E-state index contributed by atoms with van der Waals surface area (Å²) in [6, 6.07) is 9.52. The molecule has 0 unspecified atom stereocenters. The van der Waals surface area contributed by atoms with E-state index in [2.05, 4.69) is 10.0 Å². The van der Waals surface area contributed by atoms with Crippen molar-refractivity contribution in [3.05, 3.63) is 64.3 Å². The molecule has 8 heteroatoms. The smallest absolute Gasteiger partial charge is 0.206 e. The maximum atomic E-state index is 13.3. The number of aryl methyl sites for hydroxylation is 1. The predicted molar refractivity (Wildman–Crippen MR) is 85.0 cm³/mol. The van der Waals surface area contributed by atoms with E-state index in [0.717, 1.165) is 11.6 Å². The lowest BCUT2D eigenvalue weighted by Gasteiger charge is -2.25. The second-order valence-corrected chi connectivity index (χ2v) is 7.37. The number of halogens is 1. The van der Waals surface area contributed by atoms with Crippen LogP contribution in [0, 0.1) is 5.82 Å². The first-order valence-electron chi connectivity index (χ1n) is 7.32. The van der Waals surface area contributed by atoms with E-state index in [4.69, 9.17) is 10.3 Å². The number of benzene rings is 2. The zero-order valence-electron chi connectivity index (χ0n) is 12.6. The van der Waals surface area contributed by atoms with Crippen molar-refractivity contribution in [3.63, 3.8) is 0 Å². The molecule has 0 N–H and O–H groups in total. The SMILES string of the molecule is [N-]=[N+]=NC[C@H]1CCc2ccc(S(=O)(=O)c3cccc(F)c3)cc2O1. The van der Waals surface area contributed by atoms with E-state index < -0.39 is 15.7 Å². The zero-order valence-corrected chi connectivity index (χ0v) is 13.4. The van der Waals surface area contributed by atoms with Crippen molar-refractivity contribution in [1.29, 1.82) is 0 Å². The standard InChI is InChI=1S/C16H14FN3O3S/c17-12-2-1-3-14(8-12)24(21,22)15-7-5-11-4-6-13(10-19-20-18)23-16(11)9-15/h1-3,5,7-9,13H,4,6,10H2/t13-/m1/s1. The van der Waals surface area contributed by atoms with Gasteiger partial charge in [-0.2, -0.15) is 0 Å². The minimum atomic E-state index is -3.83. The summed E-state index contributed by atoms with van der Waals surface area (Å²) in [6.07, 6.45) is 1.13. The normalized spacial score (nSPS) is 16.6. The molecule has 0 saturated carbocycles. The Morgan fingerprint density at radius 2 is 2.04 bits per heavy atom. The van der Waals surface area contributed by atoms with Gasteiger partial charge < -0.3 is 4.74 Å². The first-order chi connectivity index (χ1) is 11.5. The van der Waals surface area contributed by atoms with Crippen molar-refractivity contribution in [2.24, 2.45) is 5.11 Å². The van der Waals surface area contributed by atoms with Gasteiger partial charge in [-0.3, -0.25) is 0 Å². The fourth-order valence-corrected chi connectivity index (χ4v) is 3.91. The van der Waals surface area contributed by atoms with Crippen LogP contribution in [0.4, 0.5) is 4.39 Å². The lowest BCUT2D eigenvalue weighted by Crippen LogP contribution is -2.25. The Hall–Kier alpha value is -2.57. The van der Waals surface area contributed by atoms with Crippen LogP contribution < -0.4 is 4.74 Å². The van der Waals surface area contributed by atoms with Crippen LogP contribution in [0.15, 0.2) is 57.4 Å². The molecule has 1 aliphatic rings. The van der Waals surface area contributed by atoms with E-state index in [1.165, 1.54) is 30.3 Å². The number of hydrogen-bond acceptors (Lipinski definition) is 4. The molecule has 2 aromatic rings. The summed E-state index contributed by atoms with van der Waals surface area (Å²) < 4.78 is 44.3. The summed E-state index contributed by atoms with van der Waals surface area (Å²) in [6.45, 7) is 0.191. The third-order valence-corrected chi connectivity index (χ3v) is 5.58. The van der Waals surface area contributed by atoms with Gasteiger partial charge in [0.05, 0.1) is 16.3 Å². The van der Waals surface area contributed by atoms with Crippen LogP contribution in [0.2, 0.25) is 0 Å². The molecule has 0 saturated heterocycles. The Morgan fingerprint density at radius 1 is 1.25 bits per heavy atom. The fraction of sp³-hybridized carbons (Fsp3) is 0.250. The number of sulfone groups is 1. The number of hydrogen-bond donors (Lipinski definition) is 0. The van der Waals surface area contributed by atoms with Crippen LogP contribution in [0.5, 0.6) is 5.75 Å². The quantitative estimate of drug-likeness (QED) is 0.480. The molecule has 0 spiro atoms. The van der Waals surface area contributed by atoms with Gasteiger partial charge in [0.25, 0.3) is 0 Å². The third-order valence-electron chi connectivity index (χ3n) is 3.83. The molecular formula is C16H14FN3O3S. The molecule has 0 aromatic heterocycles. The maximum absolute atomic E-state index is 13.3. The predicted octanol–water partition coefficient (Wildman–Crippen LogP) is 3.66. The Balaban J connectivity index is 1.95. The lowest BCUT2D eigenvalue weighted by molar-refractivity contribution is 0.181. The van der Waals surface area contributed by atoms with Crippen LogP contribution in [-0.2, 0) is 16.3 Å². The van der Waals surface area contributed by atoms with Gasteiger partial charge >= 0.3 is 0 Å². The summed E-state index contributed by atoms with van der Waals surface area (Å²) in [7, 11) is -3.83. The molecule has 124 valence electrons. The van der Waals surface area contributed by atoms with Gasteiger partial charge in [0.2, 0.25) is 9.84 Å². The second kappa shape index (κ2) is 6.51. The largest absolute Gasteiger partial charge is 0.490 e. The summed E-state index contributed by atoms with van der Waals surface area (Å²) in [5.41, 5.74) is 9.28. The molecule has 1 aliphatic heterocycles. The van der Waals surface area contributed by atoms with E-state index >= 15 is 0 Å². The number of azide groups is 1. The highest BCUT2D eigenvalue weighted by atomic mass is 32.2. The zero-order chi connectivity index (χ0) is 17.2. The molecule has 0 amide bonds. The minimum absolute atomic E-state index is 0.0382. The van der Waals surface area contributed by atoms with Crippen LogP contribution in [0.3, 0.4) is 0 Å². The molecule has 2 aromatic carbocycles. The Bertz CT molecular complexity index is 924. The second-order valence-electron chi connectivity index (χ2n) is 5.42. The number of ether oxygens (including phenoxy) is 1. The van der Waals surface area contributed by atoms with E-state index in [1.54, 1.807) is 6.07 Å². The fourth-order valence-electron chi connectivity index (χ4n) is 2.60. The van der Waals surface area contributed by atoms with Crippen LogP contribution in [0.25, 0.3) is 10.4 Å². The average molecular weight is 347 g/mol. The summed E-state index contributed by atoms with van der Waals surface area (Å²) in [4.78, 5) is 2.63. The molecule has 1 atom stereocenters. The van der Waals surface area contributed by atoms with Crippen molar-refractivity contribution >= 4 is 9.84 Å². The lowest BCUT2D eigenvalue weighted by atomic mass is 10.0. The molecule has 24 heavy (non-hydrogen) atoms. The van der Waals surface area contributed by atoms with Crippen LogP contribution >= 0.6 is 0 Å². The summed E-state index contributed by atoms with van der Waals surface area (Å²) in [5, 5.41) is 3.49. The van der Waals surface area contributed by atoms with E-state index in [-0.39, 0.29) is 22.4 Å². The van der Waals surface area contributed by atoms with Gasteiger partial charge in [0.1, 0.15) is 17.7 Å². The number of rotatable bonds is 4. The van der Waals surface area contributed by atoms with E-state index in [0.29, 0.717) is 18.6 Å². The molecule has 0 fully saturated rings. The maximum Gasteiger partial charge on any atom is 0.206 e. The van der Waals surface area contributed by atoms with Crippen LogP contribution in [-0.4, -0.2) is 21.1 Å². The molecule has 0 aliphatic carbocycles. The number of nitrogens with zero attached hydrogens (tertiary/aromatic N) is 3. The first kappa shape index (κ1) is 16.3. The van der Waals surface area contributed by atoms with E-state index in [1.807, 2.05) is 0 Å². The van der Waals surface area contributed by atoms with Crippen molar-refractivity contribution in [2.45, 2.75) is 28.7 Å². The molecule has 0 bridgehead atoms. The van der Waals surface area contributed by atoms with Gasteiger partial charge in [-0.15, -0.1) is 0 Å². The van der Waals surface area contributed by atoms with Crippen molar-refractivity contribution in [3.8, 4) is 5.75 Å². The van der Waals surface area contributed by atoms with Crippen molar-refractivity contribution < 1.29 is 17.5 Å². The average Bonchev–Trinajstić information content (AvgIpc) is 2.59. The molecule has 1 heterocycles. The molecule has 6 nitrogen and oxygen atoms in total. The number of fused-ring (bicyclic) bond motifs is 1. The van der Waals surface area contributed by atoms with Gasteiger partial charge in [0, 0.05) is 4.91 Å². The molecule has 3 rings (SSSR count). The monoisotopic (exact) mass is 347 g/mol. The molecular weight excluding hydrogens is 333 g/mol. The first-order valence-corrected chi connectivity index (χ1v) is 8.80. The third kappa shape index (κ3) is 3.20. The van der Waals surface area contributed by atoms with Gasteiger partial charge in [0.15, 0.2) is 0 Å². The Morgan fingerprint density at radius 3 is 2.79 bits per heavy atom.